The van der Waals surface area contributed by atoms with Gasteiger partial charge in [0.05, 0.1) is 12.2 Å². The molecule has 0 fully saturated rings. The molecule has 0 bridgehead atoms. The molecule has 3 heteroatoms. The number of rotatable bonds is 8. The van der Waals surface area contributed by atoms with Gasteiger partial charge in [-0.1, -0.05) is 34.1 Å². The molecule has 0 saturated carbocycles. The standard InChI is InChI=1S/C16H31N3/c1-7-10-17-16(12(4)8-2)11-19-14(6)15(9-3)13(5)18-19/h12,16-17H,7-11H2,1-6H3. The van der Waals surface area contributed by atoms with Crippen molar-refractivity contribution >= 4 is 0 Å². The zero-order valence-electron chi connectivity index (χ0n) is 13.6. The SMILES string of the molecule is CCCNC(Cn1nc(C)c(CC)c1C)C(C)CC. The summed E-state index contributed by atoms with van der Waals surface area (Å²) in [5.41, 5.74) is 3.95. The largest absolute Gasteiger partial charge is 0.312 e. The van der Waals surface area contributed by atoms with Crippen LogP contribution in [0.2, 0.25) is 0 Å². The highest BCUT2D eigenvalue weighted by Crippen LogP contribution is 2.16. The van der Waals surface area contributed by atoms with E-state index in [1.807, 2.05) is 0 Å². The number of aromatic nitrogens is 2. The van der Waals surface area contributed by atoms with Gasteiger partial charge in [0.2, 0.25) is 0 Å². The molecule has 2 atom stereocenters. The van der Waals surface area contributed by atoms with Crippen LogP contribution >= 0.6 is 0 Å². The van der Waals surface area contributed by atoms with E-state index >= 15 is 0 Å². The zero-order valence-corrected chi connectivity index (χ0v) is 13.6. The van der Waals surface area contributed by atoms with Crippen LogP contribution < -0.4 is 5.32 Å². The summed E-state index contributed by atoms with van der Waals surface area (Å²) in [7, 11) is 0. The third kappa shape index (κ3) is 4.07. The van der Waals surface area contributed by atoms with Crippen molar-refractivity contribution in [2.45, 2.75) is 73.4 Å². The van der Waals surface area contributed by atoms with E-state index in [1.165, 1.54) is 29.8 Å². The van der Waals surface area contributed by atoms with Crippen LogP contribution in [0, 0.1) is 19.8 Å². The molecule has 1 heterocycles. The zero-order chi connectivity index (χ0) is 14.4. The number of nitrogens with zero attached hydrogens (tertiary/aromatic N) is 2. The number of hydrogen-bond donors (Lipinski definition) is 1. The van der Waals surface area contributed by atoms with Crippen molar-refractivity contribution in [2.24, 2.45) is 5.92 Å². The van der Waals surface area contributed by atoms with Gasteiger partial charge < -0.3 is 5.32 Å². The number of hydrogen-bond acceptors (Lipinski definition) is 2. The highest BCUT2D eigenvalue weighted by Gasteiger charge is 2.18. The topological polar surface area (TPSA) is 29.9 Å². The fourth-order valence-electron chi connectivity index (χ4n) is 2.67. The molecule has 0 radical (unpaired) electrons. The molecule has 1 aromatic heterocycles. The van der Waals surface area contributed by atoms with Gasteiger partial charge in [0.15, 0.2) is 0 Å². The van der Waals surface area contributed by atoms with Gasteiger partial charge in [0, 0.05) is 11.7 Å². The molecule has 1 aromatic rings. The van der Waals surface area contributed by atoms with Crippen molar-refractivity contribution in [1.29, 1.82) is 0 Å². The first kappa shape index (κ1) is 16.2. The fraction of sp³-hybridized carbons (Fsp3) is 0.812. The molecule has 1 rings (SSSR count). The molecule has 0 aliphatic rings. The van der Waals surface area contributed by atoms with Crippen LogP contribution in [0.15, 0.2) is 0 Å². The molecular formula is C16H31N3. The Morgan fingerprint density at radius 3 is 2.37 bits per heavy atom. The Bertz CT molecular complexity index is 382. The Labute approximate surface area is 118 Å². The van der Waals surface area contributed by atoms with E-state index < -0.39 is 0 Å². The molecule has 2 unspecified atom stereocenters. The van der Waals surface area contributed by atoms with E-state index in [0.29, 0.717) is 12.0 Å². The lowest BCUT2D eigenvalue weighted by Crippen LogP contribution is -2.39. The highest BCUT2D eigenvalue weighted by molar-refractivity contribution is 5.24. The minimum Gasteiger partial charge on any atom is -0.312 e. The lowest BCUT2D eigenvalue weighted by atomic mass is 9.99. The summed E-state index contributed by atoms with van der Waals surface area (Å²) in [6.45, 7) is 15.4. The Morgan fingerprint density at radius 2 is 1.89 bits per heavy atom. The molecule has 110 valence electrons. The van der Waals surface area contributed by atoms with Crippen LogP contribution in [0.5, 0.6) is 0 Å². The molecular weight excluding hydrogens is 234 g/mol. The van der Waals surface area contributed by atoms with Crippen molar-refractivity contribution in [2.75, 3.05) is 6.54 Å². The van der Waals surface area contributed by atoms with Crippen LogP contribution in [-0.4, -0.2) is 22.4 Å². The molecule has 0 amide bonds. The van der Waals surface area contributed by atoms with E-state index in [2.05, 4.69) is 51.5 Å². The average Bonchev–Trinajstić information content (AvgIpc) is 2.67. The second-order valence-corrected chi connectivity index (χ2v) is 5.63. The highest BCUT2D eigenvalue weighted by atomic mass is 15.3. The van der Waals surface area contributed by atoms with Crippen molar-refractivity contribution in [1.82, 2.24) is 15.1 Å². The summed E-state index contributed by atoms with van der Waals surface area (Å²) in [6.07, 6.45) is 3.47. The second-order valence-electron chi connectivity index (χ2n) is 5.63. The lowest BCUT2D eigenvalue weighted by molar-refractivity contribution is 0.316. The summed E-state index contributed by atoms with van der Waals surface area (Å²) >= 11 is 0. The fourth-order valence-corrected chi connectivity index (χ4v) is 2.67. The minimum absolute atomic E-state index is 0.521. The van der Waals surface area contributed by atoms with Gasteiger partial charge in [-0.15, -0.1) is 0 Å². The van der Waals surface area contributed by atoms with Crippen molar-refractivity contribution in [3.05, 3.63) is 17.0 Å². The molecule has 0 spiro atoms. The predicted octanol–water partition coefficient (Wildman–Crippen LogP) is 3.48. The van der Waals surface area contributed by atoms with Crippen molar-refractivity contribution in [3.63, 3.8) is 0 Å². The summed E-state index contributed by atoms with van der Waals surface area (Å²) in [4.78, 5) is 0. The molecule has 0 aliphatic carbocycles. The molecule has 19 heavy (non-hydrogen) atoms. The monoisotopic (exact) mass is 265 g/mol. The second kappa shape index (κ2) is 7.68. The van der Waals surface area contributed by atoms with E-state index in [-0.39, 0.29) is 0 Å². The first-order chi connectivity index (χ1) is 9.04. The number of nitrogens with one attached hydrogen (secondary N) is 1. The summed E-state index contributed by atoms with van der Waals surface area (Å²) in [5, 5.41) is 8.40. The van der Waals surface area contributed by atoms with E-state index in [0.717, 1.165) is 19.5 Å². The molecule has 3 nitrogen and oxygen atoms in total. The van der Waals surface area contributed by atoms with Gasteiger partial charge in [-0.05, 0) is 44.7 Å². The van der Waals surface area contributed by atoms with Crippen molar-refractivity contribution in [3.8, 4) is 0 Å². The van der Waals surface area contributed by atoms with Gasteiger partial charge >= 0.3 is 0 Å². The predicted molar refractivity (Wildman–Crippen MR) is 82.6 cm³/mol. The first-order valence-electron chi connectivity index (χ1n) is 7.81. The maximum atomic E-state index is 4.72. The molecule has 0 aliphatic heterocycles. The molecule has 1 N–H and O–H groups in total. The minimum atomic E-state index is 0.521. The summed E-state index contributed by atoms with van der Waals surface area (Å²) < 4.78 is 2.20. The van der Waals surface area contributed by atoms with Gasteiger partial charge in [0.25, 0.3) is 0 Å². The quantitative estimate of drug-likeness (QED) is 0.780. The Morgan fingerprint density at radius 1 is 1.21 bits per heavy atom. The summed E-state index contributed by atoms with van der Waals surface area (Å²) in [6, 6.07) is 0.521. The van der Waals surface area contributed by atoms with Gasteiger partial charge in [-0.2, -0.15) is 5.10 Å². The Hall–Kier alpha value is -0.830. The van der Waals surface area contributed by atoms with Crippen LogP contribution in [0.3, 0.4) is 0 Å². The maximum Gasteiger partial charge on any atom is 0.0628 e. The van der Waals surface area contributed by atoms with Crippen LogP contribution in [0.25, 0.3) is 0 Å². The van der Waals surface area contributed by atoms with E-state index in [9.17, 15) is 0 Å². The summed E-state index contributed by atoms with van der Waals surface area (Å²) in [5.74, 6) is 0.681. The molecule has 0 saturated heterocycles. The lowest BCUT2D eigenvalue weighted by Gasteiger charge is -2.25. The van der Waals surface area contributed by atoms with Gasteiger partial charge in [-0.3, -0.25) is 4.68 Å². The van der Waals surface area contributed by atoms with Gasteiger partial charge in [0.1, 0.15) is 0 Å². The maximum absolute atomic E-state index is 4.72. The number of aryl methyl sites for hydroxylation is 1. The third-order valence-electron chi connectivity index (χ3n) is 4.24. The first-order valence-corrected chi connectivity index (χ1v) is 7.81. The van der Waals surface area contributed by atoms with Crippen molar-refractivity contribution < 1.29 is 0 Å². The van der Waals surface area contributed by atoms with Crippen LogP contribution in [-0.2, 0) is 13.0 Å². The Kier molecular flexibility index (Phi) is 6.56. The van der Waals surface area contributed by atoms with Gasteiger partial charge in [-0.25, -0.2) is 0 Å². The van der Waals surface area contributed by atoms with Crippen LogP contribution in [0.1, 0.15) is 57.5 Å². The van der Waals surface area contributed by atoms with Crippen LogP contribution in [0.4, 0.5) is 0 Å². The van der Waals surface area contributed by atoms with E-state index in [1.54, 1.807) is 0 Å². The molecule has 0 aromatic carbocycles. The smallest absolute Gasteiger partial charge is 0.0628 e. The average molecular weight is 265 g/mol. The normalized spacial score (nSPS) is 14.6. The van der Waals surface area contributed by atoms with E-state index in [4.69, 9.17) is 5.10 Å². The third-order valence-corrected chi connectivity index (χ3v) is 4.24. The Balaban J connectivity index is 2.83.